The van der Waals surface area contributed by atoms with Crippen molar-refractivity contribution in [3.63, 3.8) is 0 Å². The molecule has 5 heteroatoms. The maximum absolute atomic E-state index is 12.7. The molecule has 2 heterocycles. The van der Waals surface area contributed by atoms with Gasteiger partial charge in [-0.15, -0.1) is 0 Å². The quantitative estimate of drug-likeness (QED) is 0.781. The van der Waals surface area contributed by atoms with Crippen molar-refractivity contribution in [2.24, 2.45) is 0 Å². The number of aryl methyl sites for hydroxylation is 2. The van der Waals surface area contributed by atoms with Crippen LogP contribution in [-0.2, 0) is 13.0 Å². The van der Waals surface area contributed by atoms with Crippen LogP contribution in [0.3, 0.4) is 0 Å². The molecule has 0 unspecified atom stereocenters. The molecule has 0 saturated carbocycles. The number of hydrogen-bond acceptors (Lipinski definition) is 3. The second-order valence-corrected chi connectivity index (χ2v) is 5.72. The number of hydrogen-bond donors (Lipinski definition) is 1. The Bertz CT molecular complexity index is 848. The van der Waals surface area contributed by atoms with E-state index in [0.29, 0.717) is 12.1 Å². The van der Waals surface area contributed by atoms with E-state index in [2.05, 4.69) is 10.4 Å². The molecule has 0 aliphatic heterocycles. The Labute approximate surface area is 141 Å². The Kier molecular flexibility index (Phi) is 4.51. The number of furan rings is 1. The van der Waals surface area contributed by atoms with Gasteiger partial charge in [-0.1, -0.05) is 25.1 Å². The molecule has 0 atom stereocenters. The third-order valence-corrected chi connectivity index (χ3v) is 4.06. The minimum absolute atomic E-state index is 0.124. The van der Waals surface area contributed by atoms with Crippen molar-refractivity contribution < 1.29 is 9.21 Å². The van der Waals surface area contributed by atoms with Gasteiger partial charge in [0.1, 0.15) is 5.76 Å². The van der Waals surface area contributed by atoms with Crippen molar-refractivity contribution in [2.75, 3.05) is 0 Å². The van der Waals surface area contributed by atoms with Crippen LogP contribution in [0.1, 0.15) is 40.0 Å². The molecular weight excluding hydrogens is 302 g/mol. The molecule has 124 valence electrons. The second kappa shape index (κ2) is 6.74. The van der Waals surface area contributed by atoms with E-state index >= 15 is 0 Å². The highest BCUT2D eigenvalue weighted by atomic mass is 16.3. The molecule has 2 aromatic heterocycles. The number of nitrogens with one attached hydrogen (secondary N) is 1. The van der Waals surface area contributed by atoms with E-state index in [1.54, 1.807) is 12.3 Å². The van der Waals surface area contributed by atoms with Crippen LogP contribution in [-0.4, -0.2) is 15.7 Å². The summed E-state index contributed by atoms with van der Waals surface area (Å²) in [5, 5.41) is 7.52. The second-order valence-electron chi connectivity index (χ2n) is 5.72. The maximum Gasteiger partial charge on any atom is 0.255 e. The van der Waals surface area contributed by atoms with Gasteiger partial charge in [0.25, 0.3) is 5.91 Å². The van der Waals surface area contributed by atoms with Gasteiger partial charge in [-0.25, -0.2) is 4.68 Å². The predicted molar refractivity (Wildman–Crippen MR) is 92.3 cm³/mol. The van der Waals surface area contributed by atoms with Gasteiger partial charge in [0.05, 0.1) is 35.4 Å². The fraction of sp³-hybridized carbons (Fsp3) is 0.263. The van der Waals surface area contributed by atoms with Crippen LogP contribution >= 0.6 is 0 Å². The monoisotopic (exact) mass is 323 g/mol. The number of aromatic nitrogens is 2. The zero-order chi connectivity index (χ0) is 17.1. The van der Waals surface area contributed by atoms with E-state index in [1.165, 1.54) is 0 Å². The first kappa shape index (κ1) is 16.1. The average molecular weight is 323 g/mol. The van der Waals surface area contributed by atoms with Gasteiger partial charge >= 0.3 is 0 Å². The van der Waals surface area contributed by atoms with Crippen LogP contribution < -0.4 is 5.32 Å². The third-order valence-electron chi connectivity index (χ3n) is 4.06. The summed E-state index contributed by atoms with van der Waals surface area (Å²) in [5.74, 6) is 0.603. The minimum atomic E-state index is -0.124. The molecule has 0 radical (unpaired) electrons. The summed E-state index contributed by atoms with van der Waals surface area (Å²) in [5.41, 5.74) is 4.41. The SMILES string of the molecule is CCc1c(C(=O)NCc2ccco2)c(C)nn1-c1ccccc1C. The smallest absolute Gasteiger partial charge is 0.255 e. The molecular formula is C19H21N3O2. The lowest BCUT2D eigenvalue weighted by Crippen LogP contribution is -2.24. The normalized spacial score (nSPS) is 10.8. The Morgan fingerprint density at radius 3 is 2.67 bits per heavy atom. The van der Waals surface area contributed by atoms with E-state index in [4.69, 9.17) is 4.42 Å². The van der Waals surface area contributed by atoms with Gasteiger partial charge in [0.15, 0.2) is 0 Å². The molecule has 1 amide bonds. The van der Waals surface area contributed by atoms with Crippen molar-refractivity contribution in [3.8, 4) is 5.69 Å². The van der Waals surface area contributed by atoms with Gasteiger partial charge in [0, 0.05) is 0 Å². The molecule has 1 aromatic carbocycles. The number of benzene rings is 1. The molecule has 0 aliphatic carbocycles. The van der Waals surface area contributed by atoms with E-state index < -0.39 is 0 Å². The highest BCUT2D eigenvalue weighted by molar-refractivity contribution is 5.96. The number of amides is 1. The average Bonchev–Trinajstić information content (AvgIpc) is 3.20. The van der Waals surface area contributed by atoms with E-state index in [1.807, 2.05) is 55.8 Å². The standard InChI is InChI=1S/C19H21N3O2/c1-4-16-18(19(23)20-12-15-9-7-11-24-15)14(3)21-22(16)17-10-6-5-8-13(17)2/h5-11H,4,12H2,1-3H3,(H,20,23). The van der Waals surface area contributed by atoms with Crippen LogP contribution in [0.5, 0.6) is 0 Å². The van der Waals surface area contributed by atoms with Gasteiger partial charge in [-0.3, -0.25) is 4.79 Å². The van der Waals surface area contributed by atoms with Gasteiger partial charge in [-0.2, -0.15) is 5.10 Å². The first-order valence-corrected chi connectivity index (χ1v) is 8.07. The number of para-hydroxylation sites is 1. The van der Waals surface area contributed by atoms with Gasteiger partial charge < -0.3 is 9.73 Å². The fourth-order valence-corrected chi connectivity index (χ4v) is 2.87. The first-order valence-electron chi connectivity index (χ1n) is 8.07. The molecule has 5 nitrogen and oxygen atoms in total. The highest BCUT2D eigenvalue weighted by Gasteiger charge is 2.21. The van der Waals surface area contributed by atoms with Crippen LogP contribution in [0, 0.1) is 13.8 Å². The molecule has 0 spiro atoms. The van der Waals surface area contributed by atoms with Crippen LogP contribution in [0.2, 0.25) is 0 Å². The van der Waals surface area contributed by atoms with Crippen molar-refractivity contribution in [1.82, 2.24) is 15.1 Å². The summed E-state index contributed by atoms with van der Waals surface area (Å²) in [6.45, 7) is 6.32. The number of rotatable bonds is 5. The third kappa shape index (κ3) is 2.97. The van der Waals surface area contributed by atoms with E-state index in [-0.39, 0.29) is 5.91 Å². The van der Waals surface area contributed by atoms with Crippen LogP contribution in [0.15, 0.2) is 47.1 Å². The summed E-state index contributed by atoms with van der Waals surface area (Å²) in [7, 11) is 0. The molecule has 3 aromatic rings. The van der Waals surface area contributed by atoms with Crippen LogP contribution in [0.25, 0.3) is 5.69 Å². The molecule has 0 saturated heterocycles. The predicted octanol–water partition coefficient (Wildman–Crippen LogP) is 3.57. The van der Waals surface area contributed by atoms with Crippen molar-refractivity contribution >= 4 is 5.91 Å². The highest BCUT2D eigenvalue weighted by Crippen LogP contribution is 2.21. The molecule has 0 aliphatic rings. The molecule has 0 bridgehead atoms. The summed E-state index contributed by atoms with van der Waals surface area (Å²) < 4.78 is 7.14. The lowest BCUT2D eigenvalue weighted by Gasteiger charge is -2.10. The molecule has 0 fully saturated rings. The molecule has 24 heavy (non-hydrogen) atoms. The van der Waals surface area contributed by atoms with Crippen molar-refractivity contribution in [3.05, 3.63) is 70.9 Å². The largest absolute Gasteiger partial charge is 0.467 e. The van der Waals surface area contributed by atoms with E-state index in [0.717, 1.165) is 34.8 Å². The van der Waals surface area contributed by atoms with Crippen LogP contribution in [0.4, 0.5) is 0 Å². The van der Waals surface area contributed by atoms with Gasteiger partial charge in [-0.05, 0) is 44.0 Å². The van der Waals surface area contributed by atoms with Crippen molar-refractivity contribution in [2.45, 2.75) is 33.7 Å². The zero-order valence-corrected chi connectivity index (χ0v) is 14.2. The lowest BCUT2D eigenvalue weighted by atomic mass is 10.1. The van der Waals surface area contributed by atoms with Gasteiger partial charge in [0.2, 0.25) is 0 Å². The first-order chi connectivity index (χ1) is 11.6. The summed E-state index contributed by atoms with van der Waals surface area (Å²) in [4.78, 5) is 12.7. The Balaban J connectivity index is 1.94. The zero-order valence-electron chi connectivity index (χ0n) is 14.2. The van der Waals surface area contributed by atoms with E-state index in [9.17, 15) is 4.79 Å². The topological polar surface area (TPSA) is 60.1 Å². The molecule has 1 N–H and O–H groups in total. The Hall–Kier alpha value is -2.82. The maximum atomic E-state index is 12.7. The lowest BCUT2D eigenvalue weighted by molar-refractivity contribution is 0.0946. The summed E-state index contributed by atoms with van der Waals surface area (Å²) >= 11 is 0. The summed E-state index contributed by atoms with van der Waals surface area (Å²) in [6, 6.07) is 11.7. The Morgan fingerprint density at radius 2 is 2.00 bits per heavy atom. The Morgan fingerprint density at radius 1 is 1.21 bits per heavy atom. The summed E-state index contributed by atoms with van der Waals surface area (Å²) in [6.07, 6.45) is 2.32. The molecule has 3 rings (SSSR count). The fourth-order valence-electron chi connectivity index (χ4n) is 2.87. The minimum Gasteiger partial charge on any atom is -0.467 e. The van der Waals surface area contributed by atoms with Crippen molar-refractivity contribution in [1.29, 1.82) is 0 Å². The number of carbonyl (C=O) groups excluding carboxylic acids is 1. The number of carbonyl (C=O) groups is 1. The number of nitrogens with zero attached hydrogens (tertiary/aromatic N) is 2.